The zero-order chi connectivity index (χ0) is 12.8. The zero-order valence-electron chi connectivity index (χ0n) is 10.2. The summed E-state index contributed by atoms with van der Waals surface area (Å²) in [6.07, 6.45) is 6.56. The lowest BCUT2D eigenvalue weighted by Crippen LogP contribution is -1.94. The summed E-state index contributed by atoms with van der Waals surface area (Å²) in [5, 5.41) is 1.09. The summed E-state index contributed by atoms with van der Waals surface area (Å²) in [7, 11) is 0. The predicted octanol–water partition coefficient (Wildman–Crippen LogP) is 4.01. The second-order valence-electron chi connectivity index (χ2n) is 4.30. The molecule has 1 aromatic rings. The van der Waals surface area contributed by atoms with Gasteiger partial charge in [0.25, 0.3) is 6.08 Å². The van der Waals surface area contributed by atoms with Crippen LogP contribution in [0.3, 0.4) is 0 Å². The first-order valence-corrected chi connectivity index (χ1v) is 7.22. The van der Waals surface area contributed by atoms with Gasteiger partial charge in [0.2, 0.25) is 0 Å². The van der Waals surface area contributed by atoms with E-state index >= 15 is 0 Å². The van der Waals surface area contributed by atoms with E-state index in [-0.39, 0.29) is 0 Å². The van der Waals surface area contributed by atoms with Crippen LogP contribution in [0, 0.1) is 0 Å². The molecule has 0 saturated carbocycles. The van der Waals surface area contributed by atoms with Crippen LogP contribution in [0.1, 0.15) is 36.9 Å². The summed E-state index contributed by atoms with van der Waals surface area (Å²) in [6, 6.07) is 0. The van der Waals surface area contributed by atoms with Gasteiger partial charge in [0.05, 0.1) is 0 Å². The van der Waals surface area contributed by atoms with Crippen molar-refractivity contribution in [1.82, 2.24) is 9.97 Å². The number of thioether (sulfide) groups is 1. The lowest BCUT2D eigenvalue weighted by molar-refractivity contribution is 0.417. The van der Waals surface area contributed by atoms with Crippen LogP contribution in [-0.2, 0) is 12.8 Å². The molecule has 0 unspecified atom stereocenters. The molecule has 1 heterocycles. The van der Waals surface area contributed by atoms with Gasteiger partial charge in [-0.3, -0.25) is 0 Å². The Morgan fingerprint density at radius 2 is 2.17 bits per heavy atom. The molecule has 1 aliphatic carbocycles. The van der Waals surface area contributed by atoms with Gasteiger partial charge in [0.1, 0.15) is 11.4 Å². The summed E-state index contributed by atoms with van der Waals surface area (Å²) in [4.78, 5) is 8.60. The number of rotatable bonds is 6. The molecule has 5 heteroatoms. The van der Waals surface area contributed by atoms with Crippen LogP contribution in [0.15, 0.2) is 23.5 Å². The average molecular weight is 270 g/mol. The van der Waals surface area contributed by atoms with Gasteiger partial charge in [-0.15, -0.1) is 11.8 Å². The van der Waals surface area contributed by atoms with Gasteiger partial charge in [-0.25, -0.2) is 9.97 Å². The van der Waals surface area contributed by atoms with Crippen molar-refractivity contribution in [2.75, 3.05) is 5.75 Å². The van der Waals surface area contributed by atoms with E-state index in [4.69, 9.17) is 0 Å². The second-order valence-corrected chi connectivity index (χ2v) is 5.38. The van der Waals surface area contributed by atoms with Crippen molar-refractivity contribution in [1.29, 1.82) is 0 Å². The Kier molecular flexibility index (Phi) is 5.11. The van der Waals surface area contributed by atoms with E-state index in [9.17, 15) is 8.78 Å². The van der Waals surface area contributed by atoms with Crippen LogP contribution in [-0.4, -0.2) is 15.7 Å². The van der Waals surface area contributed by atoms with Crippen molar-refractivity contribution in [2.24, 2.45) is 0 Å². The van der Waals surface area contributed by atoms with Crippen LogP contribution in [0.25, 0.3) is 0 Å². The monoisotopic (exact) mass is 270 g/mol. The average Bonchev–Trinajstić information content (AvgIpc) is 2.82. The molecule has 0 aromatic carbocycles. The van der Waals surface area contributed by atoms with Gasteiger partial charge in [-0.1, -0.05) is 0 Å². The summed E-state index contributed by atoms with van der Waals surface area (Å²) in [5.41, 5.74) is 2.49. The van der Waals surface area contributed by atoms with Gasteiger partial charge in [0.15, 0.2) is 0 Å². The molecule has 0 saturated heterocycles. The van der Waals surface area contributed by atoms with E-state index in [1.165, 1.54) is 17.7 Å². The number of fused-ring (bicyclic) bond motifs is 1. The van der Waals surface area contributed by atoms with Crippen molar-refractivity contribution < 1.29 is 8.78 Å². The standard InChI is InChI=1S/C13H16F2N2S/c14-12(15)7-2-1-3-8-18-13-10-5-4-6-11(10)16-9-17-13/h7,9H,1-6,8H2. The van der Waals surface area contributed by atoms with E-state index in [2.05, 4.69) is 9.97 Å². The lowest BCUT2D eigenvalue weighted by Gasteiger charge is -2.05. The summed E-state index contributed by atoms with van der Waals surface area (Å²) in [5.74, 6) is 0.936. The Morgan fingerprint density at radius 1 is 1.28 bits per heavy atom. The normalized spacial score (nSPS) is 13.4. The first kappa shape index (κ1) is 13.5. The smallest absolute Gasteiger partial charge is 0.241 e. The van der Waals surface area contributed by atoms with Crippen molar-refractivity contribution in [2.45, 2.75) is 43.6 Å². The van der Waals surface area contributed by atoms with Crippen molar-refractivity contribution in [3.63, 3.8) is 0 Å². The SMILES string of the molecule is FC(F)=CCCCCSc1ncnc2c1CCC2. The molecule has 0 N–H and O–H groups in total. The topological polar surface area (TPSA) is 25.8 Å². The van der Waals surface area contributed by atoms with Gasteiger partial charge in [0, 0.05) is 11.3 Å². The third kappa shape index (κ3) is 3.77. The maximum Gasteiger partial charge on any atom is 0.266 e. The van der Waals surface area contributed by atoms with Crippen LogP contribution < -0.4 is 0 Å². The highest BCUT2D eigenvalue weighted by Crippen LogP contribution is 2.29. The van der Waals surface area contributed by atoms with Crippen LogP contribution in [0.5, 0.6) is 0 Å². The molecule has 0 atom stereocenters. The summed E-state index contributed by atoms with van der Waals surface area (Å²) < 4.78 is 23.6. The Labute approximate surface area is 110 Å². The predicted molar refractivity (Wildman–Crippen MR) is 68.9 cm³/mol. The van der Waals surface area contributed by atoms with Crippen molar-refractivity contribution in [3.05, 3.63) is 29.7 Å². The Bertz CT molecular complexity index is 431. The Hall–Kier alpha value is -0.970. The maximum atomic E-state index is 11.8. The van der Waals surface area contributed by atoms with Gasteiger partial charge in [-0.05, 0) is 50.4 Å². The fraction of sp³-hybridized carbons (Fsp3) is 0.538. The molecule has 18 heavy (non-hydrogen) atoms. The third-order valence-corrected chi connectivity index (χ3v) is 4.09. The second kappa shape index (κ2) is 6.83. The van der Waals surface area contributed by atoms with Crippen LogP contribution >= 0.6 is 11.8 Å². The first-order chi connectivity index (χ1) is 8.77. The molecular formula is C13H16F2N2S. The molecule has 98 valence electrons. The molecule has 0 aliphatic heterocycles. The van der Waals surface area contributed by atoms with E-state index in [0.29, 0.717) is 6.42 Å². The molecule has 0 fully saturated rings. The molecule has 2 nitrogen and oxygen atoms in total. The van der Waals surface area contributed by atoms with E-state index in [1.54, 1.807) is 18.1 Å². The fourth-order valence-electron chi connectivity index (χ4n) is 2.08. The minimum absolute atomic E-state index is 0.463. The number of aromatic nitrogens is 2. The molecule has 0 spiro atoms. The van der Waals surface area contributed by atoms with Gasteiger partial charge < -0.3 is 0 Å². The van der Waals surface area contributed by atoms with Crippen LogP contribution in [0.2, 0.25) is 0 Å². The number of aryl methyl sites for hydroxylation is 1. The quantitative estimate of drug-likeness (QED) is 0.444. The van der Waals surface area contributed by atoms with Crippen molar-refractivity contribution in [3.8, 4) is 0 Å². The van der Waals surface area contributed by atoms with E-state index in [0.717, 1.165) is 42.5 Å². The van der Waals surface area contributed by atoms with Crippen LogP contribution in [0.4, 0.5) is 8.78 Å². The molecule has 2 rings (SSSR count). The minimum atomic E-state index is -1.57. The highest BCUT2D eigenvalue weighted by atomic mass is 32.2. The first-order valence-electron chi connectivity index (χ1n) is 6.24. The fourth-order valence-corrected chi connectivity index (χ4v) is 3.14. The van der Waals surface area contributed by atoms with Gasteiger partial charge in [-0.2, -0.15) is 8.78 Å². The molecule has 1 aliphatic rings. The highest BCUT2D eigenvalue weighted by molar-refractivity contribution is 7.99. The summed E-state index contributed by atoms with van der Waals surface area (Å²) >= 11 is 1.73. The number of hydrogen-bond donors (Lipinski definition) is 0. The molecular weight excluding hydrogens is 254 g/mol. The summed E-state index contributed by atoms with van der Waals surface area (Å²) in [6.45, 7) is 0. The largest absolute Gasteiger partial charge is 0.266 e. The van der Waals surface area contributed by atoms with Crippen molar-refractivity contribution >= 4 is 11.8 Å². The van der Waals surface area contributed by atoms with E-state index in [1.807, 2.05) is 0 Å². The van der Waals surface area contributed by atoms with E-state index < -0.39 is 6.08 Å². The number of hydrogen-bond acceptors (Lipinski definition) is 3. The number of unbranched alkanes of at least 4 members (excludes halogenated alkanes) is 2. The number of nitrogens with zero attached hydrogens (tertiary/aromatic N) is 2. The molecule has 1 aromatic heterocycles. The third-order valence-electron chi connectivity index (χ3n) is 2.97. The highest BCUT2D eigenvalue weighted by Gasteiger charge is 2.16. The molecule has 0 radical (unpaired) electrons. The minimum Gasteiger partial charge on any atom is -0.241 e. The lowest BCUT2D eigenvalue weighted by atomic mass is 10.2. The molecule has 0 bridgehead atoms. The molecule has 0 amide bonds. The Balaban J connectivity index is 1.74. The Morgan fingerprint density at radius 3 is 3.00 bits per heavy atom. The number of allylic oxidation sites excluding steroid dienone is 1. The van der Waals surface area contributed by atoms with Gasteiger partial charge >= 0.3 is 0 Å². The number of halogens is 2. The maximum absolute atomic E-state index is 11.8. The zero-order valence-corrected chi connectivity index (χ0v) is 11.0.